The summed E-state index contributed by atoms with van der Waals surface area (Å²) in [4.78, 5) is 4.52. The molecule has 0 fully saturated rings. The van der Waals surface area contributed by atoms with Crippen molar-refractivity contribution in [3.63, 3.8) is 0 Å². The lowest BCUT2D eigenvalue weighted by atomic mass is 10.1. The number of hydrogen-bond acceptors (Lipinski definition) is 4. The predicted molar refractivity (Wildman–Crippen MR) is 95.4 cm³/mol. The van der Waals surface area contributed by atoms with Gasteiger partial charge < -0.3 is 4.74 Å². The third-order valence-corrected chi connectivity index (χ3v) is 3.74. The second-order valence-corrected chi connectivity index (χ2v) is 5.56. The van der Waals surface area contributed by atoms with Gasteiger partial charge in [-0.15, -0.1) is 0 Å². The molecular formula is C19H17F2N3O. The molecular weight excluding hydrogens is 324 g/mol. The monoisotopic (exact) mass is 341 g/mol. The fourth-order valence-corrected chi connectivity index (χ4v) is 2.51. The average Bonchev–Trinajstić information content (AvgIpc) is 2.59. The molecule has 1 heterocycles. The summed E-state index contributed by atoms with van der Waals surface area (Å²) in [5.41, 5.74) is 6.21. The van der Waals surface area contributed by atoms with E-state index in [4.69, 9.17) is 0 Å². The number of ether oxygens (including phenoxy) is 1. The van der Waals surface area contributed by atoms with Gasteiger partial charge in [-0.1, -0.05) is 30.3 Å². The number of anilines is 1. The molecule has 2 aromatic carbocycles. The van der Waals surface area contributed by atoms with Crippen molar-refractivity contribution in [3.8, 4) is 5.75 Å². The van der Waals surface area contributed by atoms with Gasteiger partial charge in [0.25, 0.3) is 0 Å². The van der Waals surface area contributed by atoms with Crippen LogP contribution in [0.25, 0.3) is 10.9 Å². The van der Waals surface area contributed by atoms with Crippen LogP contribution in [0.15, 0.2) is 59.7 Å². The lowest BCUT2D eigenvalue weighted by Gasteiger charge is -2.08. The fourth-order valence-electron chi connectivity index (χ4n) is 2.51. The number of hydrogen-bond donors (Lipinski definition) is 1. The summed E-state index contributed by atoms with van der Waals surface area (Å²) in [5, 5.41) is 5.38. The Morgan fingerprint density at radius 1 is 1.12 bits per heavy atom. The maximum absolute atomic E-state index is 12.3. The van der Waals surface area contributed by atoms with Crippen molar-refractivity contribution in [2.24, 2.45) is 5.10 Å². The first-order valence-electron chi connectivity index (χ1n) is 7.75. The van der Waals surface area contributed by atoms with Gasteiger partial charge in [0.05, 0.1) is 11.2 Å². The van der Waals surface area contributed by atoms with E-state index >= 15 is 0 Å². The van der Waals surface area contributed by atoms with Crippen molar-refractivity contribution in [1.82, 2.24) is 4.98 Å². The normalized spacial score (nSPS) is 11.8. The number of nitrogens with zero attached hydrogens (tertiary/aromatic N) is 2. The Morgan fingerprint density at radius 3 is 2.72 bits per heavy atom. The van der Waals surface area contributed by atoms with Gasteiger partial charge in [-0.05, 0) is 43.7 Å². The smallest absolute Gasteiger partial charge is 0.387 e. The molecule has 0 saturated heterocycles. The van der Waals surface area contributed by atoms with E-state index < -0.39 is 6.61 Å². The quantitative estimate of drug-likeness (QED) is 0.526. The topological polar surface area (TPSA) is 46.5 Å². The summed E-state index contributed by atoms with van der Waals surface area (Å²) in [5.74, 6) is 0.720. The van der Waals surface area contributed by atoms with E-state index in [9.17, 15) is 8.78 Å². The number of aryl methyl sites for hydroxylation is 1. The van der Waals surface area contributed by atoms with Crippen LogP contribution in [-0.4, -0.2) is 17.3 Å². The molecule has 4 nitrogen and oxygen atoms in total. The highest BCUT2D eigenvalue weighted by atomic mass is 19.3. The molecule has 0 saturated carbocycles. The Kier molecular flexibility index (Phi) is 4.88. The van der Waals surface area contributed by atoms with Crippen LogP contribution in [0.3, 0.4) is 0 Å². The van der Waals surface area contributed by atoms with Gasteiger partial charge in [0, 0.05) is 10.9 Å². The zero-order chi connectivity index (χ0) is 17.8. The van der Waals surface area contributed by atoms with Gasteiger partial charge >= 0.3 is 6.61 Å². The van der Waals surface area contributed by atoms with Crippen molar-refractivity contribution >= 4 is 22.4 Å². The number of pyridine rings is 1. The van der Waals surface area contributed by atoms with Gasteiger partial charge in [0.2, 0.25) is 0 Å². The third kappa shape index (κ3) is 4.09. The summed E-state index contributed by atoms with van der Waals surface area (Å²) in [6.07, 6.45) is 0. The van der Waals surface area contributed by atoms with Crippen LogP contribution in [0.2, 0.25) is 0 Å². The molecule has 25 heavy (non-hydrogen) atoms. The molecule has 128 valence electrons. The predicted octanol–water partition coefficient (Wildman–Crippen LogP) is 4.98. The summed E-state index contributed by atoms with van der Waals surface area (Å²) >= 11 is 0. The van der Waals surface area contributed by atoms with Crippen molar-refractivity contribution in [2.45, 2.75) is 20.5 Å². The number of hydrazone groups is 1. The zero-order valence-electron chi connectivity index (χ0n) is 13.8. The molecule has 0 aliphatic heterocycles. The van der Waals surface area contributed by atoms with E-state index in [1.165, 1.54) is 12.1 Å². The largest absolute Gasteiger partial charge is 0.435 e. The number of benzene rings is 2. The summed E-state index contributed by atoms with van der Waals surface area (Å²) < 4.78 is 29.0. The fraction of sp³-hybridized carbons (Fsp3) is 0.158. The van der Waals surface area contributed by atoms with Crippen LogP contribution in [0, 0.1) is 6.92 Å². The SMILES string of the molecule is C/C(=N\Nc1cc(C)c2ccccc2n1)c1cccc(OC(F)F)c1. The number of nitrogens with one attached hydrogen (secondary N) is 1. The maximum atomic E-state index is 12.3. The second-order valence-electron chi connectivity index (χ2n) is 5.56. The van der Waals surface area contributed by atoms with Crippen molar-refractivity contribution in [1.29, 1.82) is 0 Å². The number of rotatable bonds is 5. The molecule has 0 aliphatic carbocycles. The first-order valence-corrected chi connectivity index (χ1v) is 7.75. The van der Waals surface area contributed by atoms with Gasteiger partial charge in [0.15, 0.2) is 0 Å². The molecule has 0 unspecified atom stereocenters. The van der Waals surface area contributed by atoms with E-state index in [0.29, 0.717) is 17.1 Å². The summed E-state index contributed by atoms with van der Waals surface area (Å²) in [6.45, 7) is 0.939. The van der Waals surface area contributed by atoms with Crippen LogP contribution in [0.1, 0.15) is 18.1 Å². The van der Waals surface area contributed by atoms with Crippen molar-refractivity contribution in [3.05, 3.63) is 65.7 Å². The Hall–Kier alpha value is -3.02. The Morgan fingerprint density at radius 2 is 1.92 bits per heavy atom. The molecule has 0 amide bonds. The molecule has 0 aliphatic rings. The Labute approximate surface area is 144 Å². The van der Waals surface area contributed by atoms with E-state index in [1.54, 1.807) is 19.1 Å². The van der Waals surface area contributed by atoms with Crippen LogP contribution in [-0.2, 0) is 0 Å². The van der Waals surface area contributed by atoms with E-state index in [0.717, 1.165) is 16.5 Å². The Bertz CT molecular complexity index is 925. The molecule has 6 heteroatoms. The summed E-state index contributed by atoms with van der Waals surface area (Å²) in [6, 6.07) is 16.2. The van der Waals surface area contributed by atoms with Gasteiger partial charge in [-0.3, -0.25) is 5.43 Å². The summed E-state index contributed by atoms with van der Waals surface area (Å²) in [7, 11) is 0. The maximum Gasteiger partial charge on any atom is 0.387 e. The first-order chi connectivity index (χ1) is 12.0. The van der Waals surface area contributed by atoms with E-state index in [2.05, 4.69) is 20.2 Å². The standard InChI is InChI=1S/C19H17F2N3O/c1-12-10-18(22-17-9-4-3-8-16(12)17)24-23-13(2)14-6-5-7-15(11-14)25-19(20)21/h3-11,19H,1-2H3,(H,22,24)/b23-13+. The molecule has 3 aromatic rings. The number of aromatic nitrogens is 1. The van der Waals surface area contributed by atoms with Crippen LogP contribution < -0.4 is 10.2 Å². The van der Waals surface area contributed by atoms with Gasteiger partial charge in [-0.2, -0.15) is 13.9 Å². The molecule has 0 bridgehead atoms. The zero-order valence-corrected chi connectivity index (χ0v) is 13.8. The number of fused-ring (bicyclic) bond motifs is 1. The lowest BCUT2D eigenvalue weighted by molar-refractivity contribution is -0.0498. The van der Waals surface area contributed by atoms with Gasteiger partial charge in [-0.25, -0.2) is 4.98 Å². The highest BCUT2D eigenvalue weighted by Crippen LogP contribution is 2.20. The first kappa shape index (κ1) is 16.8. The number of halogens is 2. The van der Waals surface area contributed by atoms with E-state index in [-0.39, 0.29) is 5.75 Å². The number of para-hydroxylation sites is 1. The van der Waals surface area contributed by atoms with Crippen molar-refractivity contribution in [2.75, 3.05) is 5.43 Å². The molecule has 0 atom stereocenters. The van der Waals surface area contributed by atoms with E-state index in [1.807, 2.05) is 37.3 Å². The minimum Gasteiger partial charge on any atom is -0.435 e. The molecule has 1 N–H and O–H groups in total. The second kappa shape index (κ2) is 7.25. The van der Waals surface area contributed by atoms with Crippen LogP contribution in [0.4, 0.5) is 14.6 Å². The van der Waals surface area contributed by atoms with Crippen molar-refractivity contribution < 1.29 is 13.5 Å². The van der Waals surface area contributed by atoms with Crippen LogP contribution >= 0.6 is 0 Å². The Balaban J connectivity index is 1.82. The minimum absolute atomic E-state index is 0.0988. The molecule has 1 aromatic heterocycles. The lowest BCUT2D eigenvalue weighted by Crippen LogP contribution is -2.04. The molecule has 0 radical (unpaired) electrons. The number of alkyl halides is 2. The highest BCUT2D eigenvalue weighted by molar-refractivity contribution is 5.99. The molecule has 0 spiro atoms. The third-order valence-electron chi connectivity index (χ3n) is 3.74. The highest BCUT2D eigenvalue weighted by Gasteiger charge is 2.06. The average molecular weight is 341 g/mol. The minimum atomic E-state index is -2.85. The van der Waals surface area contributed by atoms with Gasteiger partial charge in [0.1, 0.15) is 11.6 Å². The molecule has 3 rings (SSSR count). The van der Waals surface area contributed by atoms with Crippen LogP contribution in [0.5, 0.6) is 5.75 Å².